The third-order valence-corrected chi connectivity index (χ3v) is 4.08. The van der Waals surface area contributed by atoms with Gasteiger partial charge in [0.15, 0.2) is 0 Å². The van der Waals surface area contributed by atoms with E-state index in [0.717, 1.165) is 11.6 Å². The number of carbonyl (C=O) groups excluding carboxylic acids is 1. The molecule has 0 unspecified atom stereocenters. The van der Waals surface area contributed by atoms with Crippen molar-refractivity contribution in [1.82, 2.24) is 0 Å². The van der Waals surface area contributed by atoms with Gasteiger partial charge in [0, 0.05) is 5.69 Å². The van der Waals surface area contributed by atoms with E-state index in [-0.39, 0.29) is 5.91 Å². The molecule has 2 heteroatoms. The largest absolute Gasteiger partial charge is 0.326 e. The molecule has 0 radical (unpaired) electrons. The van der Waals surface area contributed by atoms with Crippen molar-refractivity contribution in [3.05, 3.63) is 29.3 Å². The number of rotatable bonds is 1. The maximum Gasteiger partial charge on any atom is 0.228 e. The molecule has 1 fully saturated rings. The number of hydrogen-bond acceptors (Lipinski definition) is 1. The van der Waals surface area contributed by atoms with Gasteiger partial charge in [0.05, 0.1) is 6.42 Å². The monoisotopic (exact) mass is 229 g/mol. The molecule has 0 bridgehead atoms. The Kier molecular flexibility index (Phi) is 2.87. The van der Waals surface area contributed by atoms with Crippen molar-refractivity contribution >= 4 is 11.6 Å². The Bertz CT molecular complexity index is 431. The molecule has 90 valence electrons. The maximum absolute atomic E-state index is 11.3. The first-order chi connectivity index (χ1) is 8.33. The summed E-state index contributed by atoms with van der Waals surface area (Å²) in [6.45, 7) is 0. The first-order valence-corrected chi connectivity index (χ1v) is 6.75. The molecule has 1 aliphatic carbocycles. The van der Waals surface area contributed by atoms with Crippen molar-refractivity contribution in [3.8, 4) is 0 Å². The number of benzene rings is 1. The van der Waals surface area contributed by atoms with Crippen LogP contribution < -0.4 is 5.32 Å². The van der Waals surface area contributed by atoms with Crippen LogP contribution in [0, 0.1) is 0 Å². The summed E-state index contributed by atoms with van der Waals surface area (Å²) in [5, 5.41) is 2.90. The third kappa shape index (κ3) is 2.21. The fraction of sp³-hybridized carbons (Fsp3) is 0.533. The number of fused-ring (bicyclic) bond motifs is 1. The van der Waals surface area contributed by atoms with Crippen LogP contribution in [0.1, 0.15) is 55.6 Å². The van der Waals surface area contributed by atoms with Crippen LogP contribution in [-0.2, 0) is 11.2 Å². The lowest BCUT2D eigenvalue weighted by Crippen LogP contribution is -2.03. The number of nitrogens with one attached hydrogen (secondary N) is 1. The predicted octanol–water partition coefficient (Wildman–Crippen LogP) is 3.62. The summed E-state index contributed by atoms with van der Waals surface area (Å²) < 4.78 is 0. The Hall–Kier alpha value is -1.31. The maximum atomic E-state index is 11.3. The van der Waals surface area contributed by atoms with Crippen molar-refractivity contribution in [2.45, 2.75) is 50.9 Å². The van der Waals surface area contributed by atoms with Gasteiger partial charge in [-0.2, -0.15) is 0 Å². The minimum absolute atomic E-state index is 0.137. The van der Waals surface area contributed by atoms with Gasteiger partial charge in [0.25, 0.3) is 0 Å². The molecule has 2 aliphatic rings. The standard InChI is InChI=1S/C15H19NO/c17-15-10-13-9-12(7-8-14(13)16-15)11-5-3-1-2-4-6-11/h7-9,11H,1-6,10H2,(H,16,17). The van der Waals surface area contributed by atoms with Crippen molar-refractivity contribution in [2.24, 2.45) is 0 Å². The van der Waals surface area contributed by atoms with Crippen LogP contribution in [0.4, 0.5) is 5.69 Å². The summed E-state index contributed by atoms with van der Waals surface area (Å²) in [5.74, 6) is 0.858. The molecule has 3 rings (SSSR count). The summed E-state index contributed by atoms with van der Waals surface area (Å²) in [5.41, 5.74) is 3.66. The van der Waals surface area contributed by atoms with E-state index in [2.05, 4.69) is 23.5 Å². The lowest BCUT2D eigenvalue weighted by molar-refractivity contribution is -0.115. The molecule has 1 N–H and O–H groups in total. The van der Waals surface area contributed by atoms with Crippen molar-refractivity contribution in [2.75, 3.05) is 5.32 Å². The second-order valence-corrected chi connectivity index (χ2v) is 5.33. The quantitative estimate of drug-likeness (QED) is 0.732. The minimum Gasteiger partial charge on any atom is -0.326 e. The highest BCUT2D eigenvalue weighted by Crippen LogP contribution is 2.34. The molecule has 1 aliphatic heterocycles. The highest BCUT2D eigenvalue weighted by Gasteiger charge is 2.20. The SMILES string of the molecule is O=C1Cc2cc(C3CCCCCC3)ccc2N1. The molecule has 0 aromatic heterocycles. The summed E-state index contributed by atoms with van der Waals surface area (Å²) in [4.78, 5) is 11.3. The lowest BCUT2D eigenvalue weighted by atomic mass is 9.90. The van der Waals surface area contributed by atoms with E-state index in [4.69, 9.17) is 0 Å². The summed E-state index contributed by atoms with van der Waals surface area (Å²) >= 11 is 0. The average molecular weight is 229 g/mol. The van der Waals surface area contributed by atoms with Crippen LogP contribution >= 0.6 is 0 Å². The van der Waals surface area contributed by atoms with Gasteiger partial charge >= 0.3 is 0 Å². The highest BCUT2D eigenvalue weighted by molar-refractivity contribution is 5.99. The van der Waals surface area contributed by atoms with Crippen LogP contribution in [-0.4, -0.2) is 5.91 Å². The zero-order valence-corrected chi connectivity index (χ0v) is 10.2. The molecule has 1 aromatic rings. The van der Waals surface area contributed by atoms with Crippen molar-refractivity contribution < 1.29 is 4.79 Å². The topological polar surface area (TPSA) is 29.1 Å². The number of carbonyl (C=O) groups is 1. The smallest absolute Gasteiger partial charge is 0.228 e. The number of amides is 1. The predicted molar refractivity (Wildman–Crippen MR) is 69.2 cm³/mol. The summed E-state index contributed by atoms with van der Waals surface area (Å²) in [7, 11) is 0. The first-order valence-electron chi connectivity index (χ1n) is 6.75. The van der Waals surface area contributed by atoms with Gasteiger partial charge in [-0.1, -0.05) is 37.8 Å². The van der Waals surface area contributed by atoms with Crippen LogP contribution in [0.5, 0.6) is 0 Å². The van der Waals surface area contributed by atoms with E-state index < -0.39 is 0 Å². The molecule has 1 aromatic carbocycles. The summed E-state index contributed by atoms with van der Waals surface area (Å²) in [6.07, 6.45) is 8.71. The second kappa shape index (κ2) is 4.52. The van der Waals surface area contributed by atoms with Gasteiger partial charge < -0.3 is 5.32 Å². The van der Waals surface area contributed by atoms with Gasteiger partial charge in [-0.3, -0.25) is 4.79 Å². The van der Waals surface area contributed by atoms with Gasteiger partial charge in [0.2, 0.25) is 5.91 Å². The van der Waals surface area contributed by atoms with E-state index >= 15 is 0 Å². The van der Waals surface area contributed by atoms with Crippen molar-refractivity contribution in [1.29, 1.82) is 0 Å². The molecule has 0 spiro atoms. The molecule has 2 nitrogen and oxygen atoms in total. The fourth-order valence-electron chi connectivity index (χ4n) is 3.12. The fourth-order valence-corrected chi connectivity index (χ4v) is 3.12. The van der Waals surface area contributed by atoms with E-state index in [1.54, 1.807) is 0 Å². The number of anilines is 1. The zero-order chi connectivity index (χ0) is 11.7. The molecule has 1 amide bonds. The van der Waals surface area contributed by atoms with Crippen molar-refractivity contribution in [3.63, 3.8) is 0 Å². The zero-order valence-electron chi connectivity index (χ0n) is 10.2. The highest BCUT2D eigenvalue weighted by atomic mass is 16.1. The van der Waals surface area contributed by atoms with Gasteiger partial charge in [-0.05, 0) is 36.0 Å². The van der Waals surface area contributed by atoms with E-state index in [1.807, 2.05) is 0 Å². The molecule has 17 heavy (non-hydrogen) atoms. The van der Waals surface area contributed by atoms with Gasteiger partial charge in [0.1, 0.15) is 0 Å². The molecule has 0 saturated heterocycles. The molecule has 0 atom stereocenters. The average Bonchev–Trinajstić information content (AvgIpc) is 2.53. The first kappa shape index (κ1) is 10.8. The van der Waals surface area contributed by atoms with Crippen LogP contribution in [0.2, 0.25) is 0 Å². The minimum atomic E-state index is 0.137. The Morgan fingerprint density at radius 1 is 1.06 bits per heavy atom. The lowest BCUT2D eigenvalue weighted by Gasteiger charge is -2.15. The van der Waals surface area contributed by atoms with E-state index in [1.165, 1.54) is 49.7 Å². The van der Waals surface area contributed by atoms with Gasteiger partial charge in [-0.15, -0.1) is 0 Å². The molecule has 1 heterocycles. The Balaban J connectivity index is 1.84. The molecule has 1 saturated carbocycles. The summed E-state index contributed by atoms with van der Waals surface area (Å²) in [6, 6.07) is 6.55. The Morgan fingerprint density at radius 2 is 1.82 bits per heavy atom. The van der Waals surface area contributed by atoms with Gasteiger partial charge in [-0.25, -0.2) is 0 Å². The van der Waals surface area contributed by atoms with E-state index in [9.17, 15) is 4.79 Å². The van der Waals surface area contributed by atoms with Crippen LogP contribution in [0.3, 0.4) is 0 Å². The Morgan fingerprint density at radius 3 is 2.59 bits per heavy atom. The molecular weight excluding hydrogens is 210 g/mol. The normalized spacial score (nSPS) is 20.8. The molecular formula is C15H19NO. The Labute approximate surface area is 102 Å². The van der Waals surface area contributed by atoms with Crippen LogP contribution in [0.25, 0.3) is 0 Å². The number of hydrogen-bond donors (Lipinski definition) is 1. The van der Waals surface area contributed by atoms with Crippen LogP contribution in [0.15, 0.2) is 18.2 Å². The van der Waals surface area contributed by atoms with E-state index in [0.29, 0.717) is 6.42 Å². The third-order valence-electron chi connectivity index (χ3n) is 4.08. The second-order valence-electron chi connectivity index (χ2n) is 5.33.